The molecule has 0 spiro atoms. The van der Waals surface area contributed by atoms with Crippen molar-refractivity contribution < 1.29 is 40.4 Å². The predicted molar refractivity (Wildman–Crippen MR) is 153 cm³/mol. The van der Waals surface area contributed by atoms with Crippen LogP contribution in [-0.2, 0) is 19.0 Å². The zero-order valence-corrected chi connectivity index (χ0v) is 25.8. The second-order valence-electron chi connectivity index (χ2n) is 12.7. The number of amides is 2. The second kappa shape index (κ2) is 10.9. The van der Waals surface area contributed by atoms with Gasteiger partial charge >= 0.3 is 6.09 Å². The van der Waals surface area contributed by atoms with Gasteiger partial charge in [-0.1, -0.05) is 12.1 Å². The van der Waals surface area contributed by atoms with Crippen molar-refractivity contribution in [3.05, 3.63) is 41.5 Å². The maximum Gasteiger partial charge on any atom is 0.410 e. The zero-order valence-electron chi connectivity index (χ0n) is 25.0. The van der Waals surface area contributed by atoms with Gasteiger partial charge in [-0.25, -0.2) is 18.6 Å². The number of rotatable bonds is 4. The van der Waals surface area contributed by atoms with Crippen molar-refractivity contribution in [2.45, 2.75) is 64.3 Å². The van der Waals surface area contributed by atoms with Crippen molar-refractivity contribution in [3.63, 3.8) is 0 Å². The molecule has 0 radical (unpaired) electrons. The highest BCUT2D eigenvalue weighted by Crippen LogP contribution is 2.44. The van der Waals surface area contributed by atoms with Crippen LogP contribution in [-0.4, -0.2) is 97.5 Å². The summed E-state index contributed by atoms with van der Waals surface area (Å²) in [5, 5.41) is 0. The third kappa shape index (κ3) is 6.26. The van der Waals surface area contributed by atoms with Crippen LogP contribution in [0.3, 0.4) is 0 Å². The Morgan fingerprint density at radius 2 is 1.84 bits per heavy atom. The lowest BCUT2D eigenvalue weighted by molar-refractivity contribution is 0.000863. The number of ether oxygens (including phenoxy) is 2. The molecule has 11 nitrogen and oxygen atoms in total. The van der Waals surface area contributed by atoms with Gasteiger partial charge in [0.15, 0.2) is 11.6 Å². The lowest BCUT2D eigenvalue weighted by Crippen LogP contribution is -2.58. The molecular weight excluding hydrogens is 586 g/mol. The van der Waals surface area contributed by atoms with Crippen molar-refractivity contribution >= 4 is 27.9 Å². The van der Waals surface area contributed by atoms with Gasteiger partial charge in [0.05, 0.1) is 18.4 Å². The van der Waals surface area contributed by atoms with Gasteiger partial charge in [-0.15, -0.1) is 0 Å². The molecule has 2 aromatic rings. The maximum absolute atomic E-state index is 16.3. The number of hydrogen-bond donors (Lipinski definition) is 0. The largest absolute Gasteiger partial charge is 0.487 e. The smallest absolute Gasteiger partial charge is 0.410 e. The molecule has 2 fully saturated rings. The molecule has 2 unspecified atom stereocenters. The number of carbonyl (C=O) groups is 2. The van der Waals surface area contributed by atoms with Gasteiger partial charge in [0.2, 0.25) is 0 Å². The molecule has 0 saturated carbocycles. The third-order valence-corrected chi connectivity index (χ3v) is 8.27. The predicted octanol–water partition coefficient (Wildman–Crippen LogP) is 3.81. The topological polar surface area (TPSA) is 119 Å². The number of halogens is 2. The molecule has 3 aliphatic heterocycles. The number of nitrogens with zero attached hydrogens (tertiary/aromatic N) is 4. The number of carbonyl (C=O) groups excluding carboxylic acids is 2. The Kier molecular flexibility index (Phi) is 7.83. The molecule has 1 aromatic carbocycles. The van der Waals surface area contributed by atoms with Crippen molar-refractivity contribution in [3.8, 4) is 17.0 Å². The Morgan fingerprint density at radius 1 is 1.14 bits per heavy atom. The minimum atomic E-state index is -3.80. The van der Waals surface area contributed by atoms with Crippen LogP contribution in [0.25, 0.3) is 11.3 Å². The van der Waals surface area contributed by atoms with Crippen LogP contribution in [0.4, 0.5) is 19.4 Å². The molecule has 2 atom stereocenters. The molecule has 5 rings (SSSR count). The third-order valence-electron chi connectivity index (χ3n) is 7.64. The monoisotopic (exact) mass is 622 g/mol. The summed E-state index contributed by atoms with van der Waals surface area (Å²) in [7, 11) is -3.80. The summed E-state index contributed by atoms with van der Waals surface area (Å²) in [5.41, 5.74) is -2.13. The molecule has 43 heavy (non-hydrogen) atoms. The number of pyridine rings is 1. The van der Waals surface area contributed by atoms with Gasteiger partial charge in [-0.05, 0) is 53.2 Å². The summed E-state index contributed by atoms with van der Waals surface area (Å²) in [6.45, 7) is 9.20. The Bertz CT molecular complexity index is 1560. The van der Waals surface area contributed by atoms with E-state index >= 15 is 4.39 Å². The van der Waals surface area contributed by atoms with Crippen LogP contribution in [0.1, 0.15) is 51.4 Å². The maximum atomic E-state index is 16.3. The van der Waals surface area contributed by atoms with Gasteiger partial charge < -0.3 is 24.2 Å². The van der Waals surface area contributed by atoms with Gasteiger partial charge in [0, 0.05) is 37.3 Å². The molecule has 0 N–H and O–H groups in total. The molecule has 0 bridgehead atoms. The Morgan fingerprint density at radius 3 is 2.49 bits per heavy atom. The SMILES string of the molecule is CC(C)(C)OC(=O)N1CCN2C(=O)c3c(N4CC(OS(C)(=O)=O)CC4(C)C)nc(-c4ccccc4F)c(F)c3OCC2C1. The van der Waals surface area contributed by atoms with E-state index in [9.17, 15) is 22.4 Å². The summed E-state index contributed by atoms with van der Waals surface area (Å²) in [5.74, 6) is -2.63. The fourth-order valence-corrected chi connectivity index (χ4v) is 6.46. The van der Waals surface area contributed by atoms with E-state index in [0.29, 0.717) is 0 Å². The van der Waals surface area contributed by atoms with Crippen LogP contribution in [0.15, 0.2) is 24.3 Å². The lowest BCUT2D eigenvalue weighted by atomic mass is 10.00. The highest BCUT2D eigenvalue weighted by molar-refractivity contribution is 7.86. The Balaban J connectivity index is 1.60. The molecular formula is C29H36F2N4O7S. The molecule has 2 saturated heterocycles. The van der Waals surface area contributed by atoms with Crippen LogP contribution in [0.5, 0.6) is 5.75 Å². The lowest BCUT2D eigenvalue weighted by Gasteiger charge is -2.40. The first-order valence-electron chi connectivity index (χ1n) is 14.0. The van der Waals surface area contributed by atoms with E-state index in [0.717, 1.165) is 6.26 Å². The minimum absolute atomic E-state index is 0.0188. The average Bonchev–Trinajstić information content (AvgIpc) is 3.09. The highest BCUT2D eigenvalue weighted by Gasteiger charge is 2.47. The number of anilines is 1. The van der Waals surface area contributed by atoms with E-state index in [1.807, 2.05) is 13.8 Å². The molecule has 4 heterocycles. The Labute approximate surface area is 249 Å². The van der Waals surface area contributed by atoms with Gasteiger partial charge in [-0.2, -0.15) is 8.42 Å². The van der Waals surface area contributed by atoms with E-state index in [4.69, 9.17) is 13.7 Å². The van der Waals surface area contributed by atoms with Crippen molar-refractivity contribution in [1.82, 2.24) is 14.8 Å². The second-order valence-corrected chi connectivity index (χ2v) is 14.3. The minimum Gasteiger partial charge on any atom is -0.487 e. The molecule has 14 heteroatoms. The normalized spacial score (nSPS) is 22.0. The van der Waals surface area contributed by atoms with Gasteiger partial charge in [0.25, 0.3) is 16.0 Å². The molecule has 3 aliphatic rings. The van der Waals surface area contributed by atoms with Crippen LogP contribution in [0, 0.1) is 11.6 Å². The summed E-state index contributed by atoms with van der Waals surface area (Å²) < 4.78 is 71.9. The summed E-state index contributed by atoms with van der Waals surface area (Å²) >= 11 is 0. The van der Waals surface area contributed by atoms with E-state index in [2.05, 4.69) is 4.98 Å². The van der Waals surface area contributed by atoms with Crippen LogP contribution < -0.4 is 9.64 Å². The van der Waals surface area contributed by atoms with E-state index < -0.39 is 57.0 Å². The standard InChI is InChI=1S/C29H36F2N4O7S/c1-28(2,3)41-27(37)33-11-12-34-17(14-33)16-40-24-21(26(34)36)25(32-23(22(24)31)19-9-7-8-10-20(19)30)35-15-18(13-29(35,4)5)42-43(6,38)39/h7-10,17-18H,11-16H2,1-6H3. The Hall–Kier alpha value is -3.52. The van der Waals surface area contributed by atoms with Gasteiger partial charge in [-0.3, -0.25) is 8.98 Å². The molecule has 2 amide bonds. The first-order valence-corrected chi connectivity index (χ1v) is 15.8. The van der Waals surface area contributed by atoms with E-state index in [1.165, 1.54) is 34.1 Å². The van der Waals surface area contributed by atoms with Crippen molar-refractivity contribution in [2.75, 3.05) is 43.9 Å². The first kappa shape index (κ1) is 30.9. The number of aromatic nitrogens is 1. The number of hydrogen-bond acceptors (Lipinski definition) is 9. The highest BCUT2D eigenvalue weighted by atomic mass is 32.2. The average molecular weight is 623 g/mol. The fraction of sp³-hybridized carbons (Fsp3) is 0.552. The van der Waals surface area contributed by atoms with Crippen molar-refractivity contribution in [1.29, 1.82) is 0 Å². The number of benzene rings is 1. The molecule has 1 aromatic heterocycles. The van der Waals surface area contributed by atoms with Gasteiger partial charge in [0.1, 0.15) is 35.1 Å². The summed E-state index contributed by atoms with van der Waals surface area (Å²) in [4.78, 5) is 36.2. The number of piperazine rings is 1. The molecule has 234 valence electrons. The first-order chi connectivity index (χ1) is 19.9. The van der Waals surface area contributed by atoms with E-state index in [-0.39, 0.29) is 67.6 Å². The van der Waals surface area contributed by atoms with E-state index in [1.54, 1.807) is 25.7 Å². The summed E-state index contributed by atoms with van der Waals surface area (Å²) in [6, 6.07) is 4.93. The van der Waals surface area contributed by atoms with Crippen LogP contribution >= 0.6 is 0 Å². The molecule has 0 aliphatic carbocycles. The quantitative estimate of drug-likeness (QED) is 0.469. The van der Waals surface area contributed by atoms with Crippen LogP contribution in [0.2, 0.25) is 0 Å². The fourth-order valence-electron chi connectivity index (χ4n) is 5.83. The zero-order chi connectivity index (χ0) is 31.5. The number of fused-ring (bicyclic) bond motifs is 2. The summed E-state index contributed by atoms with van der Waals surface area (Å²) in [6.07, 6.45) is -0.0890. The van der Waals surface area contributed by atoms with Crippen molar-refractivity contribution in [2.24, 2.45) is 0 Å².